The Hall–Kier alpha value is -0.920. The van der Waals surface area contributed by atoms with Gasteiger partial charge in [0.25, 0.3) is 0 Å². The highest BCUT2D eigenvalue weighted by Crippen LogP contribution is 2.33. The van der Waals surface area contributed by atoms with E-state index in [0.29, 0.717) is 30.5 Å². The fourth-order valence-electron chi connectivity index (χ4n) is 2.55. The highest BCUT2D eigenvalue weighted by Gasteiger charge is 2.37. The maximum atomic E-state index is 12.7. The van der Waals surface area contributed by atoms with Crippen LogP contribution in [-0.4, -0.2) is 36.9 Å². The van der Waals surface area contributed by atoms with E-state index in [1.807, 2.05) is 0 Å². The molecule has 1 N–H and O–H groups in total. The first-order valence-electron chi connectivity index (χ1n) is 6.56. The fourth-order valence-corrected chi connectivity index (χ4v) is 5.64. The molecule has 7 heteroatoms. The van der Waals surface area contributed by atoms with Gasteiger partial charge in [0.2, 0.25) is 10.0 Å². The van der Waals surface area contributed by atoms with Gasteiger partial charge in [-0.2, -0.15) is 4.31 Å². The number of carboxylic acid groups (broad SMARTS) is 1. The van der Waals surface area contributed by atoms with Gasteiger partial charge in [0.05, 0.1) is 0 Å². The van der Waals surface area contributed by atoms with Gasteiger partial charge in [-0.1, -0.05) is 13.8 Å². The van der Waals surface area contributed by atoms with Crippen LogP contribution in [0.25, 0.3) is 0 Å². The van der Waals surface area contributed by atoms with Crippen LogP contribution < -0.4 is 0 Å². The van der Waals surface area contributed by atoms with Crippen molar-refractivity contribution in [3.05, 3.63) is 15.8 Å². The first-order valence-corrected chi connectivity index (χ1v) is 8.88. The molecule has 0 aliphatic carbocycles. The molecule has 1 saturated heterocycles. The lowest BCUT2D eigenvalue weighted by molar-refractivity contribution is 0.0698. The van der Waals surface area contributed by atoms with E-state index < -0.39 is 16.0 Å². The molecule has 1 atom stereocenters. The maximum absolute atomic E-state index is 12.7. The molecule has 0 radical (unpaired) electrons. The zero-order valence-corrected chi connectivity index (χ0v) is 13.4. The van der Waals surface area contributed by atoms with Gasteiger partial charge in [-0.15, -0.1) is 11.3 Å². The van der Waals surface area contributed by atoms with Gasteiger partial charge in [-0.25, -0.2) is 13.2 Å². The highest BCUT2D eigenvalue weighted by molar-refractivity contribution is 7.89. The van der Waals surface area contributed by atoms with Crippen molar-refractivity contribution in [3.8, 4) is 0 Å². The Labute approximate surface area is 123 Å². The van der Waals surface area contributed by atoms with Crippen molar-refractivity contribution in [1.82, 2.24) is 4.31 Å². The summed E-state index contributed by atoms with van der Waals surface area (Å²) in [6.07, 6.45) is 0.836. The van der Waals surface area contributed by atoms with Crippen LogP contribution in [-0.2, 0) is 10.0 Å². The van der Waals surface area contributed by atoms with Crippen LogP contribution in [0.4, 0.5) is 0 Å². The molecule has 1 unspecified atom stereocenters. The Morgan fingerprint density at radius 1 is 1.50 bits per heavy atom. The van der Waals surface area contributed by atoms with E-state index >= 15 is 0 Å². The molecule has 0 bridgehead atoms. The van der Waals surface area contributed by atoms with E-state index in [-0.39, 0.29) is 9.77 Å². The third-order valence-electron chi connectivity index (χ3n) is 3.84. The third-order valence-corrected chi connectivity index (χ3v) is 7.11. The van der Waals surface area contributed by atoms with E-state index in [0.717, 1.165) is 17.8 Å². The molecule has 1 aliphatic heterocycles. The zero-order chi connectivity index (χ0) is 15.1. The highest BCUT2D eigenvalue weighted by atomic mass is 32.2. The van der Waals surface area contributed by atoms with Crippen LogP contribution in [0, 0.1) is 18.8 Å². The Bertz CT molecular complexity index is 618. The minimum absolute atomic E-state index is 0.0283. The Kier molecular flexibility index (Phi) is 4.22. The Morgan fingerprint density at radius 2 is 2.15 bits per heavy atom. The number of sulfonamides is 1. The minimum atomic E-state index is -3.71. The van der Waals surface area contributed by atoms with Gasteiger partial charge < -0.3 is 5.11 Å². The van der Waals surface area contributed by atoms with Gasteiger partial charge in [0.15, 0.2) is 0 Å². The largest absolute Gasteiger partial charge is 0.477 e. The molecule has 2 heterocycles. The molecule has 2 rings (SSSR count). The topological polar surface area (TPSA) is 74.7 Å². The van der Waals surface area contributed by atoms with Crippen LogP contribution in [0.15, 0.2) is 10.3 Å². The number of carboxylic acids is 1. The summed E-state index contributed by atoms with van der Waals surface area (Å²) in [6.45, 7) is 6.76. The van der Waals surface area contributed by atoms with Gasteiger partial charge in [0.1, 0.15) is 9.77 Å². The molecule has 1 aromatic heterocycles. The lowest BCUT2D eigenvalue weighted by atomic mass is 9.96. The third kappa shape index (κ3) is 2.62. The lowest BCUT2D eigenvalue weighted by Crippen LogP contribution is -2.30. The number of thiophene rings is 1. The fraction of sp³-hybridized carbons (Fsp3) is 0.615. The first-order chi connectivity index (χ1) is 9.25. The minimum Gasteiger partial charge on any atom is -0.477 e. The van der Waals surface area contributed by atoms with Crippen LogP contribution in [0.3, 0.4) is 0 Å². The van der Waals surface area contributed by atoms with E-state index in [1.54, 1.807) is 12.3 Å². The van der Waals surface area contributed by atoms with Gasteiger partial charge in [-0.3, -0.25) is 0 Å². The Balaban J connectivity index is 2.37. The van der Waals surface area contributed by atoms with E-state index in [4.69, 9.17) is 5.11 Å². The van der Waals surface area contributed by atoms with Crippen LogP contribution in [0.2, 0.25) is 0 Å². The molecule has 1 aliphatic rings. The average Bonchev–Trinajstić information content (AvgIpc) is 2.94. The molecule has 0 aromatic carbocycles. The van der Waals surface area contributed by atoms with Crippen molar-refractivity contribution in [2.75, 3.05) is 13.1 Å². The second kappa shape index (κ2) is 5.46. The summed E-state index contributed by atoms with van der Waals surface area (Å²) >= 11 is 0.972. The number of aromatic carboxylic acids is 1. The summed E-state index contributed by atoms with van der Waals surface area (Å²) in [5, 5.41) is 10.7. The quantitative estimate of drug-likeness (QED) is 0.925. The molecular formula is C13H19NO4S2. The number of nitrogens with zero attached hydrogens (tertiary/aromatic N) is 1. The lowest BCUT2D eigenvalue weighted by Gasteiger charge is -2.18. The molecule has 1 fully saturated rings. The second-order valence-electron chi connectivity index (χ2n) is 5.54. The average molecular weight is 317 g/mol. The summed E-state index contributed by atoms with van der Waals surface area (Å²) < 4.78 is 26.8. The van der Waals surface area contributed by atoms with Crippen molar-refractivity contribution < 1.29 is 18.3 Å². The van der Waals surface area contributed by atoms with E-state index in [2.05, 4.69) is 13.8 Å². The summed E-state index contributed by atoms with van der Waals surface area (Å²) in [5.74, 6) is -0.406. The number of aryl methyl sites for hydroxylation is 1. The molecule has 1 aromatic rings. The molecule has 112 valence electrons. The van der Waals surface area contributed by atoms with Crippen LogP contribution >= 0.6 is 11.3 Å². The van der Waals surface area contributed by atoms with Crippen LogP contribution in [0.1, 0.15) is 35.5 Å². The molecule has 0 saturated carbocycles. The monoisotopic (exact) mass is 317 g/mol. The Morgan fingerprint density at radius 3 is 2.65 bits per heavy atom. The van der Waals surface area contributed by atoms with Gasteiger partial charge in [-0.05, 0) is 36.1 Å². The molecule has 20 heavy (non-hydrogen) atoms. The number of hydrogen-bond donors (Lipinski definition) is 1. The van der Waals surface area contributed by atoms with Crippen molar-refractivity contribution in [3.63, 3.8) is 0 Å². The summed E-state index contributed by atoms with van der Waals surface area (Å²) in [6, 6.07) is 0. The molecule has 5 nitrogen and oxygen atoms in total. The van der Waals surface area contributed by atoms with Gasteiger partial charge in [0, 0.05) is 13.1 Å². The molecular weight excluding hydrogens is 298 g/mol. The SMILES string of the molecule is Cc1csc(C(=O)O)c1S(=O)(=O)N1CCC(C(C)C)C1. The number of hydrogen-bond acceptors (Lipinski definition) is 4. The number of carbonyl (C=O) groups is 1. The number of rotatable bonds is 4. The summed E-state index contributed by atoms with van der Waals surface area (Å²) in [4.78, 5) is 11.1. The zero-order valence-electron chi connectivity index (χ0n) is 11.8. The molecule has 0 amide bonds. The normalized spacial score (nSPS) is 20.7. The smallest absolute Gasteiger partial charge is 0.347 e. The van der Waals surface area contributed by atoms with Crippen molar-refractivity contribution in [2.24, 2.45) is 11.8 Å². The van der Waals surface area contributed by atoms with Crippen molar-refractivity contribution in [2.45, 2.75) is 32.1 Å². The van der Waals surface area contributed by atoms with Gasteiger partial charge >= 0.3 is 5.97 Å². The van der Waals surface area contributed by atoms with Crippen molar-refractivity contribution >= 4 is 27.3 Å². The maximum Gasteiger partial charge on any atom is 0.347 e. The van der Waals surface area contributed by atoms with E-state index in [9.17, 15) is 13.2 Å². The van der Waals surface area contributed by atoms with Crippen molar-refractivity contribution in [1.29, 1.82) is 0 Å². The van der Waals surface area contributed by atoms with E-state index in [1.165, 1.54) is 4.31 Å². The van der Waals surface area contributed by atoms with Crippen LogP contribution in [0.5, 0.6) is 0 Å². The second-order valence-corrected chi connectivity index (χ2v) is 8.29. The predicted molar refractivity (Wildman–Crippen MR) is 77.7 cm³/mol. The summed E-state index contributed by atoms with van der Waals surface area (Å²) in [5.41, 5.74) is 0.514. The first kappa shape index (κ1) is 15.5. The standard InChI is InChI=1S/C13H19NO4S2/c1-8(2)10-4-5-14(6-10)20(17,18)12-9(3)7-19-11(12)13(15)16/h7-8,10H,4-6H2,1-3H3,(H,15,16). The predicted octanol–water partition coefficient (Wildman–Crippen LogP) is 2.42. The molecule has 0 spiro atoms. The summed E-state index contributed by atoms with van der Waals surface area (Å²) in [7, 11) is -3.71.